The van der Waals surface area contributed by atoms with Gasteiger partial charge in [-0.1, -0.05) is 20.8 Å². The van der Waals surface area contributed by atoms with Crippen LogP contribution in [0.15, 0.2) is 6.20 Å². The van der Waals surface area contributed by atoms with Crippen molar-refractivity contribution in [3.8, 4) is 0 Å². The lowest BCUT2D eigenvalue weighted by Gasteiger charge is -2.23. The molecule has 1 N–H and O–H groups in total. The molecule has 0 saturated carbocycles. The van der Waals surface area contributed by atoms with Crippen molar-refractivity contribution in [3.63, 3.8) is 0 Å². The first-order valence-electron chi connectivity index (χ1n) is 5.73. The minimum Gasteiger partial charge on any atom is -0.305 e. The predicted octanol–water partition coefficient (Wildman–Crippen LogP) is 3.54. The maximum atomic E-state index is 4.46. The lowest BCUT2D eigenvalue weighted by atomic mass is 10.0. The Balaban J connectivity index is 2.64. The summed E-state index contributed by atoms with van der Waals surface area (Å²) in [5, 5.41) is 4.87. The Bertz CT molecular complexity index is 294. The molecule has 15 heavy (non-hydrogen) atoms. The fraction of sp³-hybridized carbons (Fsp3) is 0.750. The van der Waals surface area contributed by atoms with E-state index in [-0.39, 0.29) is 0 Å². The first-order chi connectivity index (χ1) is 7.04. The van der Waals surface area contributed by atoms with Crippen molar-refractivity contribution in [2.24, 2.45) is 5.92 Å². The molecule has 1 aromatic heterocycles. The maximum absolute atomic E-state index is 4.46. The van der Waals surface area contributed by atoms with Crippen molar-refractivity contribution in [2.45, 2.75) is 53.1 Å². The molecule has 2 unspecified atom stereocenters. The highest BCUT2D eigenvalue weighted by Gasteiger charge is 2.16. The minimum absolute atomic E-state index is 0.418. The van der Waals surface area contributed by atoms with E-state index in [1.54, 1.807) is 11.3 Å². The Morgan fingerprint density at radius 1 is 1.40 bits per heavy atom. The van der Waals surface area contributed by atoms with Crippen molar-refractivity contribution in [3.05, 3.63) is 16.1 Å². The standard InChI is InChI=1S/C12H22N2S/c1-6-11(14-10(5)8(2)3)12-13-7-9(4)15-12/h7-8,10-11,14H,6H2,1-5H3. The summed E-state index contributed by atoms with van der Waals surface area (Å²) < 4.78 is 0. The first kappa shape index (κ1) is 12.7. The molecule has 86 valence electrons. The zero-order valence-corrected chi connectivity index (χ0v) is 11.2. The summed E-state index contributed by atoms with van der Waals surface area (Å²) in [6.07, 6.45) is 3.06. The van der Waals surface area contributed by atoms with Crippen LogP contribution in [0.1, 0.15) is 50.0 Å². The molecule has 0 amide bonds. The fourth-order valence-electron chi connectivity index (χ4n) is 1.41. The van der Waals surface area contributed by atoms with Crippen LogP contribution in [0.3, 0.4) is 0 Å². The van der Waals surface area contributed by atoms with Gasteiger partial charge in [0.05, 0.1) is 6.04 Å². The van der Waals surface area contributed by atoms with Crippen LogP contribution < -0.4 is 5.32 Å². The van der Waals surface area contributed by atoms with E-state index in [1.807, 2.05) is 6.20 Å². The Morgan fingerprint density at radius 2 is 2.07 bits per heavy atom. The van der Waals surface area contributed by atoms with Gasteiger partial charge in [-0.05, 0) is 26.2 Å². The summed E-state index contributed by atoms with van der Waals surface area (Å²) in [4.78, 5) is 5.75. The van der Waals surface area contributed by atoms with Gasteiger partial charge in [-0.25, -0.2) is 4.98 Å². The van der Waals surface area contributed by atoms with Crippen molar-refractivity contribution in [2.75, 3.05) is 0 Å². The first-order valence-corrected chi connectivity index (χ1v) is 6.54. The molecule has 0 aromatic carbocycles. The third kappa shape index (κ3) is 3.58. The smallest absolute Gasteiger partial charge is 0.110 e. The summed E-state index contributed by atoms with van der Waals surface area (Å²) in [7, 11) is 0. The Kier molecular flexibility index (Phi) is 4.74. The molecule has 0 radical (unpaired) electrons. The second-order valence-electron chi connectivity index (χ2n) is 4.47. The summed E-state index contributed by atoms with van der Waals surface area (Å²) >= 11 is 1.80. The quantitative estimate of drug-likeness (QED) is 0.830. The molecule has 2 nitrogen and oxygen atoms in total. The van der Waals surface area contributed by atoms with Crippen LogP contribution in [0.25, 0.3) is 0 Å². The summed E-state index contributed by atoms with van der Waals surface area (Å²) in [5.41, 5.74) is 0. The summed E-state index contributed by atoms with van der Waals surface area (Å²) in [5.74, 6) is 0.667. The molecular weight excluding hydrogens is 204 g/mol. The van der Waals surface area contributed by atoms with Gasteiger partial charge in [0.2, 0.25) is 0 Å². The summed E-state index contributed by atoms with van der Waals surface area (Å²) in [6.45, 7) is 11.1. The number of aryl methyl sites for hydroxylation is 1. The molecule has 0 aliphatic carbocycles. The van der Waals surface area contributed by atoms with E-state index in [4.69, 9.17) is 0 Å². The van der Waals surface area contributed by atoms with E-state index in [1.165, 1.54) is 9.88 Å². The average Bonchev–Trinajstić information content (AvgIpc) is 2.60. The lowest BCUT2D eigenvalue weighted by Crippen LogP contribution is -2.34. The molecule has 0 bridgehead atoms. The third-order valence-corrected chi connectivity index (χ3v) is 3.84. The number of nitrogens with zero attached hydrogens (tertiary/aromatic N) is 1. The van der Waals surface area contributed by atoms with Crippen molar-refractivity contribution in [1.82, 2.24) is 10.3 Å². The second kappa shape index (κ2) is 5.61. The molecule has 1 rings (SSSR count). The second-order valence-corrected chi connectivity index (χ2v) is 5.74. The van der Waals surface area contributed by atoms with Gasteiger partial charge < -0.3 is 5.32 Å². The van der Waals surface area contributed by atoms with E-state index in [9.17, 15) is 0 Å². The molecule has 0 spiro atoms. The van der Waals surface area contributed by atoms with Crippen molar-refractivity contribution in [1.29, 1.82) is 0 Å². The average molecular weight is 226 g/mol. The molecule has 1 heterocycles. The monoisotopic (exact) mass is 226 g/mol. The van der Waals surface area contributed by atoms with Gasteiger partial charge in [0.1, 0.15) is 5.01 Å². The van der Waals surface area contributed by atoms with E-state index in [2.05, 4.69) is 44.9 Å². The van der Waals surface area contributed by atoms with Crippen LogP contribution in [-0.2, 0) is 0 Å². The van der Waals surface area contributed by atoms with Gasteiger partial charge in [-0.15, -0.1) is 11.3 Å². The number of rotatable bonds is 5. The molecular formula is C12H22N2S. The molecule has 1 aromatic rings. The molecule has 0 aliphatic rings. The van der Waals surface area contributed by atoms with E-state index in [0.29, 0.717) is 18.0 Å². The predicted molar refractivity (Wildman–Crippen MR) is 67.3 cm³/mol. The van der Waals surface area contributed by atoms with Crippen LogP contribution in [0, 0.1) is 12.8 Å². The Hall–Kier alpha value is -0.410. The van der Waals surface area contributed by atoms with Crippen molar-refractivity contribution < 1.29 is 0 Å². The highest BCUT2D eigenvalue weighted by Crippen LogP contribution is 2.23. The van der Waals surface area contributed by atoms with Gasteiger partial charge in [-0.3, -0.25) is 0 Å². The molecule has 0 fully saturated rings. The maximum Gasteiger partial charge on any atom is 0.110 e. The molecule has 0 aliphatic heterocycles. The number of hydrogen-bond acceptors (Lipinski definition) is 3. The van der Waals surface area contributed by atoms with Crippen LogP contribution >= 0.6 is 11.3 Å². The Morgan fingerprint density at radius 3 is 2.47 bits per heavy atom. The fourth-order valence-corrected chi connectivity index (χ4v) is 2.32. The zero-order valence-electron chi connectivity index (χ0n) is 10.4. The number of thiazole rings is 1. The number of nitrogens with one attached hydrogen (secondary N) is 1. The lowest BCUT2D eigenvalue weighted by molar-refractivity contribution is 0.370. The van der Waals surface area contributed by atoms with E-state index >= 15 is 0 Å². The highest BCUT2D eigenvalue weighted by atomic mass is 32.1. The molecule has 0 saturated heterocycles. The number of hydrogen-bond donors (Lipinski definition) is 1. The van der Waals surface area contributed by atoms with Crippen LogP contribution in [0.4, 0.5) is 0 Å². The van der Waals surface area contributed by atoms with Crippen molar-refractivity contribution >= 4 is 11.3 Å². The minimum atomic E-state index is 0.418. The van der Waals surface area contributed by atoms with E-state index < -0.39 is 0 Å². The molecule has 2 atom stereocenters. The van der Waals surface area contributed by atoms with Crippen LogP contribution in [0.2, 0.25) is 0 Å². The Labute approximate surface area is 97.1 Å². The van der Waals surface area contributed by atoms with Gasteiger partial charge in [0.25, 0.3) is 0 Å². The zero-order chi connectivity index (χ0) is 11.4. The van der Waals surface area contributed by atoms with Crippen LogP contribution in [0.5, 0.6) is 0 Å². The van der Waals surface area contributed by atoms with Gasteiger partial charge in [-0.2, -0.15) is 0 Å². The molecule has 3 heteroatoms. The van der Waals surface area contributed by atoms with Gasteiger partial charge in [0, 0.05) is 17.1 Å². The SMILES string of the molecule is CCC(NC(C)C(C)C)c1ncc(C)s1. The van der Waals surface area contributed by atoms with Gasteiger partial charge >= 0.3 is 0 Å². The normalized spacial score (nSPS) is 15.6. The third-order valence-electron chi connectivity index (χ3n) is 2.81. The topological polar surface area (TPSA) is 24.9 Å². The largest absolute Gasteiger partial charge is 0.305 e. The highest BCUT2D eigenvalue weighted by molar-refractivity contribution is 7.11. The summed E-state index contributed by atoms with van der Waals surface area (Å²) in [6, 6.07) is 0.959. The van der Waals surface area contributed by atoms with Crippen LogP contribution in [-0.4, -0.2) is 11.0 Å². The van der Waals surface area contributed by atoms with Gasteiger partial charge in [0.15, 0.2) is 0 Å². The van der Waals surface area contributed by atoms with E-state index in [0.717, 1.165) is 6.42 Å². The number of aromatic nitrogens is 1.